The fourth-order valence-corrected chi connectivity index (χ4v) is 3.22. The second-order valence-corrected chi connectivity index (χ2v) is 5.66. The van der Waals surface area contributed by atoms with Gasteiger partial charge >= 0.3 is 0 Å². The highest BCUT2D eigenvalue weighted by molar-refractivity contribution is 5.89. The minimum Gasteiger partial charge on any atom is -0.296 e. The molecule has 114 valence electrons. The molecule has 0 aliphatic heterocycles. The Morgan fingerprint density at radius 3 is 2.59 bits per heavy atom. The van der Waals surface area contributed by atoms with E-state index in [4.69, 9.17) is 5.26 Å². The fourth-order valence-electron chi connectivity index (χ4n) is 3.22. The number of hydrogen-bond acceptors (Lipinski definition) is 3. The maximum absolute atomic E-state index is 11.0. The van der Waals surface area contributed by atoms with Gasteiger partial charge in [-0.2, -0.15) is 5.26 Å². The van der Waals surface area contributed by atoms with Crippen LogP contribution < -0.4 is 5.32 Å². The molecule has 2 rings (SSSR count). The number of nitrogens with zero attached hydrogens (tertiary/aromatic N) is 2. The van der Waals surface area contributed by atoms with Crippen molar-refractivity contribution in [2.45, 2.75) is 44.4 Å². The molecular weight excluding hydrogens is 274 g/mol. The molecular formula is C18H21N3O. The third-order valence-corrected chi connectivity index (χ3v) is 4.33. The molecule has 4 nitrogen and oxygen atoms in total. The molecule has 0 aromatic heterocycles. The summed E-state index contributed by atoms with van der Waals surface area (Å²) in [5.41, 5.74) is 1.64. The summed E-state index contributed by atoms with van der Waals surface area (Å²) in [6, 6.07) is 10.4. The van der Waals surface area contributed by atoms with E-state index < -0.39 is 0 Å². The van der Waals surface area contributed by atoms with Crippen molar-refractivity contribution in [1.82, 2.24) is 5.32 Å². The van der Waals surface area contributed by atoms with Crippen molar-refractivity contribution < 1.29 is 4.79 Å². The summed E-state index contributed by atoms with van der Waals surface area (Å²) < 4.78 is 0. The maximum atomic E-state index is 11.0. The van der Waals surface area contributed by atoms with Gasteiger partial charge in [0.05, 0.1) is 0 Å². The van der Waals surface area contributed by atoms with Crippen LogP contribution in [0.5, 0.6) is 0 Å². The lowest BCUT2D eigenvalue weighted by Crippen LogP contribution is -2.31. The lowest BCUT2D eigenvalue weighted by atomic mass is 9.76. The van der Waals surface area contributed by atoms with E-state index in [0.717, 1.165) is 12.8 Å². The van der Waals surface area contributed by atoms with Crippen molar-refractivity contribution in [3.05, 3.63) is 47.7 Å². The topological polar surface area (TPSA) is 65.2 Å². The molecule has 1 aliphatic carbocycles. The second kappa shape index (κ2) is 7.56. The minimum absolute atomic E-state index is 0.00563. The molecule has 1 N–H and O–H groups in total. The molecule has 0 bridgehead atoms. The van der Waals surface area contributed by atoms with Gasteiger partial charge in [0.15, 0.2) is 12.5 Å². The van der Waals surface area contributed by atoms with Crippen molar-refractivity contribution in [1.29, 1.82) is 5.26 Å². The molecule has 0 amide bonds. The van der Waals surface area contributed by atoms with Crippen LogP contribution in [0, 0.1) is 11.5 Å². The summed E-state index contributed by atoms with van der Waals surface area (Å²) in [6.45, 7) is 1.76. The Bertz CT molecular complexity index is 605. The van der Waals surface area contributed by atoms with E-state index in [1.807, 2.05) is 24.4 Å². The molecule has 0 heterocycles. The normalized spacial score (nSPS) is 17.8. The van der Waals surface area contributed by atoms with Crippen LogP contribution in [0.4, 0.5) is 0 Å². The van der Waals surface area contributed by atoms with Crippen LogP contribution in [0.3, 0.4) is 0 Å². The summed E-state index contributed by atoms with van der Waals surface area (Å²) in [5.74, 6) is 0.563. The van der Waals surface area contributed by atoms with Gasteiger partial charge in [-0.05, 0) is 25.3 Å². The van der Waals surface area contributed by atoms with Gasteiger partial charge in [-0.3, -0.25) is 10.1 Å². The summed E-state index contributed by atoms with van der Waals surface area (Å²) in [5, 5.41) is 11.6. The lowest BCUT2D eigenvalue weighted by Gasteiger charge is -2.30. The summed E-state index contributed by atoms with van der Waals surface area (Å²) >= 11 is 0. The third kappa shape index (κ3) is 3.62. The van der Waals surface area contributed by atoms with Gasteiger partial charge in [0, 0.05) is 11.8 Å². The Labute approximate surface area is 131 Å². The summed E-state index contributed by atoms with van der Waals surface area (Å²) in [6.07, 6.45) is 9.46. The number of nitrogens with one attached hydrogen (secondary N) is 1. The Balaban J connectivity index is 2.33. The van der Waals surface area contributed by atoms with E-state index in [-0.39, 0.29) is 5.41 Å². The van der Waals surface area contributed by atoms with Gasteiger partial charge in [-0.1, -0.05) is 49.2 Å². The SMILES string of the molecule is C/C=C(/C=O)N=C(CC1(c2ccccc2)CCCC1)NC#N. The zero-order valence-electron chi connectivity index (χ0n) is 12.9. The molecule has 0 radical (unpaired) electrons. The number of amidine groups is 1. The number of carbonyl (C=O) groups excluding carboxylic acids is 1. The van der Waals surface area contributed by atoms with E-state index in [2.05, 4.69) is 22.4 Å². The first-order valence-corrected chi connectivity index (χ1v) is 7.64. The Kier molecular flexibility index (Phi) is 5.48. The molecule has 1 fully saturated rings. The number of hydrogen-bond donors (Lipinski definition) is 1. The van der Waals surface area contributed by atoms with E-state index in [0.29, 0.717) is 24.2 Å². The Hall–Kier alpha value is -2.41. The van der Waals surface area contributed by atoms with Gasteiger partial charge < -0.3 is 0 Å². The average Bonchev–Trinajstić information content (AvgIpc) is 3.03. The van der Waals surface area contributed by atoms with Gasteiger partial charge in [-0.15, -0.1) is 0 Å². The highest BCUT2D eigenvalue weighted by Gasteiger charge is 2.36. The third-order valence-electron chi connectivity index (χ3n) is 4.33. The molecule has 4 heteroatoms. The van der Waals surface area contributed by atoms with Crippen LogP contribution >= 0.6 is 0 Å². The first kappa shape index (κ1) is 16.0. The van der Waals surface area contributed by atoms with E-state index in [1.54, 1.807) is 13.0 Å². The molecule has 0 unspecified atom stereocenters. The smallest absolute Gasteiger partial charge is 0.182 e. The van der Waals surface area contributed by atoms with Crippen LogP contribution in [-0.4, -0.2) is 12.1 Å². The predicted octanol–water partition coefficient (Wildman–Crippen LogP) is 3.46. The molecule has 1 aromatic carbocycles. The van der Waals surface area contributed by atoms with E-state index >= 15 is 0 Å². The molecule has 22 heavy (non-hydrogen) atoms. The van der Waals surface area contributed by atoms with Crippen LogP contribution in [0.2, 0.25) is 0 Å². The molecule has 0 spiro atoms. The lowest BCUT2D eigenvalue weighted by molar-refractivity contribution is -0.104. The number of rotatable bonds is 5. The molecule has 1 aliphatic rings. The molecule has 0 saturated heterocycles. The van der Waals surface area contributed by atoms with Crippen molar-refractivity contribution >= 4 is 12.1 Å². The number of carbonyl (C=O) groups is 1. The van der Waals surface area contributed by atoms with Crippen LogP contribution in [-0.2, 0) is 10.2 Å². The minimum atomic E-state index is 0.00563. The standard InChI is InChI=1S/C18H21N3O/c1-2-16(13-22)21-17(20-14-19)12-18(10-6-7-11-18)15-8-4-3-5-9-15/h2-5,8-9,13H,6-7,10-12H2,1H3,(H,20,21)/b16-2-. The molecule has 0 atom stereocenters. The first-order chi connectivity index (χ1) is 10.7. The number of benzene rings is 1. The Morgan fingerprint density at radius 2 is 2.05 bits per heavy atom. The van der Waals surface area contributed by atoms with E-state index in [9.17, 15) is 4.79 Å². The number of aliphatic imine (C=N–C) groups is 1. The van der Waals surface area contributed by atoms with Gasteiger partial charge in [-0.25, -0.2) is 4.99 Å². The quantitative estimate of drug-likeness (QED) is 0.226. The van der Waals surface area contributed by atoms with Crippen molar-refractivity contribution in [2.24, 2.45) is 4.99 Å². The van der Waals surface area contributed by atoms with Crippen LogP contribution in [0.1, 0.15) is 44.6 Å². The number of nitriles is 1. The first-order valence-electron chi connectivity index (χ1n) is 7.64. The average molecular weight is 295 g/mol. The second-order valence-electron chi connectivity index (χ2n) is 5.66. The Morgan fingerprint density at radius 1 is 1.36 bits per heavy atom. The van der Waals surface area contributed by atoms with Crippen LogP contribution in [0.25, 0.3) is 0 Å². The monoisotopic (exact) mass is 295 g/mol. The van der Waals surface area contributed by atoms with Crippen molar-refractivity contribution in [2.75, 3.05) is 0 Å². The summed E-state index contributed by atoms with van der Waals surface area (Å²) in [4.78, 5) is 15.3. The zero-order chi connectivity index (χ0) is 15.8. The zero-order valence-corrected chi connectivity index (χ0v) is 12.9. The number of allylic oxidation sites excluding steroid dienone is 2. The highest BCUT2D eigenvalue weighted by Crippen LogP contribution is 2.43. The predicted molar refractivity (Wildman–Crippen MR) is 87.2 cm³/mol. The maximum Gasteiger partial charge on any atom is 0.182 e. The number of aldehydes is 1. The van der Waals surface area contributed by atoms with Crippen LogP contribution in [0.15, 0.2) is 47.1 Å². The van der Waals surface area contributed by atoms with Gasteiger partial charge in [0.2, 0.25) is 0 Å². The molecule has 1 aromatic rings. The largest absolute Gasteiger partial charge is 0.296 e. The van der Waals surface area contributed by atoms with Gasteiger partial charge in [0.25, 0.3) is 0 Å². The highest BCUT2D eigenvalue weighted by atomic mass is 16.1. The molecule has 1 saturated carbocycles. The fraction of sp³-hybridized carbons (Fsp3) is 0.389. The van der Waals surface area contributed by atoms with Crippen molar-refractivity contribution in [3.8, 4) is 6.19 Å². The summed E-state index contributed by atoms with van der Waals surface area (Å²) in [7, 11) is 0. The van der Waals surface area contributed by atoms with Gasteiger partial charge in [0.1, 0.15) is 11.5 Å². The van der Waals surface area contributed by atoms with E-state index in [1.165, 1.54) is 18.4 Å². The van der Waals surface area contributed by atoms with Crippen molar-refractivity contribution in [3.63, 3.8) is 0 Å².